The predicted octanol–water partition coefficient (Wildman–Crippen LogP) is 4.51. The van der Waals surface area contributed by atoms with Crippen molar-refractivity contribution in [2.24, 2.45) is 0 Å². The Labute approximate surface area is 123 Å². The fraction of sp³-hybridized carbons (Fsp3) is 0.294. The van der Waals surface area contributed by atoms with Crippen molar-refractivity contribution in [3.63, 3.8) is 0 Å². The van der Waals surface area contributed by atoms with E-state index in [1.165, 1.54) is 17.7 Å². The SMILES string of the molecule is Fc1ccc(CNC2CC(c3cccc(Cl)c3)C2)cc1. The molecule has 0 bridgehead atoms. The molecule has 1 aliphatic carbocycles. The van der Waals surface area contributed by atoms with E-state index < -0.39 is 0 Å². The maximum absolute atomic E-state index is 12.8. The lowest BCUT2D eigenvalue weighted by Crippen LogP contribution is -2.39. The van der Waals surface area contributed by atoms with Crippen molar-refractivity contribution in [3.05, 3.63) is 70.5 Å². The van der Waals surface area contributed by atoms with Crippen LogP contribution in [0.4, 0.5) is 4.39 Å². The fourth-order valence-corrected chi connectivity index (χ4v) is 2.88. The highest BCUT2D eigenvalue weighted by Gasteiger charge is 2.29. The zero-order valence-corrected chi connectivity index (χ0v) is 11.9. The molecule has 0 amide bonds. The van der Waals surface area contributed by atoms with Crippen LogP contribution in [0.2, 0.25) is 5.02 Å². The molecule has 0 aliphatic heterocycles. The number of rotatable bonds is 4. The topological polar surface area (TPSA) is 12.0 Å². The summed E-state index contributed by atoms with van der Waals surface area (Å²) < 4.78 is 12.8. The van der Waals surface area contributed by atoms with Crippen LogP contribution in [0.1, 0.15) is 29.9 Å². The van der Waals surface area contributed by atoms with Crippen LogP contribution in [-0.2, 0) is 6.54 Å². The molecule has 1 nitrogen and oxygen atoms in total. The van der Waals surface area contributed by atoms with Gasteiger partial charge in [-0.25, -0.2) is 4.39 Å². The van der Waals surface area contributed by atoms with E-state index in [0.717, 1.165) is 30.0 Å². The van der Waals surface area contributed by atoms with Crippen LogP contribution in [0.3, 0.4) is 0 Å². The minimum Gasteiger partial charge on any atom is -0.310 e. The van der Waals surface area contributed by atoms with Crippen LogP contribution in [0.25, 0.3) is 0 Å². The van der Waals surface area contributed by atoms with Crippen LogP contribution in [0, 0.1) is 5.82 Å². The average molecular weight is 290 g/mol. The van der Waals surface area contributed by atoms with Crippen LogP contribution < -0.4 is 5.32 Å². The van der Waals surface area contributed by atoms with E-state index in [1.54, 1.807) is 0 Å². The van der Waals surface area contributed by atoms with Gasteiger partial charge in [0, 0.05) is 17.6 Å². The molecule has 0 saturated heterocycles. The summed E-state index contributed by atoms with van der Waals surface area (Å²) in [5.74, 6) is 0.429. The summed E-state index contributed by atoms with van der Waals surface area (Å²) in [6.45, 7) is 0.799. The molecule has 0 radical (unpaired) electrons. The maximum atomic E-state index is 12.8. The summed E-state index contributed by atoms with van der Waals surface area (Å²) in [7, 11) is 0. The van der Waals surface area contributed by atoms with Crippen molar-refractivity contribution in [2.45, 2.75) is 31.3 Å². The zero-order chi connectivity index (χ0) is 13.9. The van der Waals surface area contributed by atoms with Crippen molar-refractivity contribution < 1.29 is 4.39 Å². The molecular formula is C17H17ClFN. The Balaban J connectivity index is 1.48. The fourth-order valence-electron chi connectivity index (χ4n) is 2.68. The molecule has 3 heteroatoms. The summed E-state index contributed by atoms with van der Waals surface area (Å²) >= 11 is 6.01. The second-order valence-electron chi connectivity index (χ2n) is 5.43. The van der Waals surface area contributed by atoms with Gasteiger partial charge in [-0.15, -0.1) is 0 Å². The number of hydrogen-bond donors (Lipinski definition) is 1. The van der Waals surface area contributed by atoms with Crippen molar-refractivity contribution in [2.75, 3.05) is 0 Å². The zero-order valence-electron chi connectivity index (χ0n) is 11.2. The second-order valence-corrected chi connectivity index (χ2v) is 5.86. The first-order valence-corrected chi connectivity index (χ1v) is 7.32. The molecule has 3 rings (SSSR count). The first-order valence-electron chi connectivity index (χ1n) is 6.94. The normalized spacial score (nSPS) is 21.5. The van der Waals surface area contributed by atoms with Gasteiger partial charge >= 0.3 is 0 Å². The van der Waals surface area contributed by atoms with Crippen LogP contribution in [-0.4, -0.2) is 6.04 Å². The predicted molar refractivity (Wildman–Crippen MR) is 80.5 cm³/mol. The monoisotopic (exact) mass is 289 g/mol. The lowest BCUT2D eigenvalue weighted by atomic mass is 9.76. The molecule has 0 heterocycles. The lowest BCUT2D eigenvalue weighted by Gasteiger charge is -2.36. The molecule has 1 saturated carbocycles. The molecule has 1 N–H and O–H groups in total. The van der Waals surface area contributed by atoms with E-state index in [9.17, 15) is 4.39 Å². The average Bonchev–Trinajstić information content (AvgIpc) is 2.39. The Morgan fingerprint density at radius 3 is 2.55 bits per heavy atom. The number of hydrogen-bond acceptors (Lipinski definition) is 1. The van der Waals surface area contributed by atoms with Gasteiger partial charge in [0.1, 0.15) is 5.82 Å². The highest BCUT2D eigenvalue weighted by atomic mass is 35.5. The third-order valence-electron chi connectivity index (χ3n) is 3.97. The highest BCUT2D eigenvalue weighted by Crippen LogP contribution is 2.37. The smallest absolute Gasteiger partial charge is 0.123 e. The molecule has 2 aromatic rings. The van der Waals surface area contributed by atoms with Gasteiger partial charge in [-0.2, -0.15) is 0 Å². The molecule has 1 fully saturated rings. The standard InChI is InChI=1S/C17H17ClFN/c18-15-3-1-2-13(8-15)14-9-17(10-14)20-11-12-4-6-16(19)7-5-12/h1-8,14,17,20H,9-11H2. The highest BCUT2D eigenvalue weighted by molar-refractivity contribution is 6.30. The Kier molecular flexibility index (Phi) is 4.04. The van der Waals surface area contributed by atoms with Crippen LogP contribution in [0.5, 0.6) is 0 Å². The maximum Gasteiger partial charge on any atom is 0.123 e. The first kappa shape index (κ1) is 13.6. The number of halogens is 2. The van der Waals surface area contributed by atoms with E-state index in [2.05, 4.69) is 17.4 Å². The molecule has 104 valence electrons. The summed E-state index contributed by atoms with van der Waals surface area (Å²) in [6.07, 6.45) is 2.28. The van der Waals surface area contributed by atoms with E-state index >= 15 is 0 Å². The Bertz CT molecular complexity index is 576. The van der Waals surface area contributed by atoms with Gasteiger partial charge in [-0.05, 0) is 54.2 Å². The molecule has 0 atom stereocenters. The summed E-state index contributed by atoms with van der Waals surface area (Å²) in [4.78, 5) is 0. The minimum absolute atomic E-state index is 0.182. The number of nitrogens with one attached hydrogen (secondary N) is 1. The Morgan fingerprint density at radius 2 is 1.85 bits per heavy atom. The van der Waals surface area contributed by atoms with Gasteiger partial charge in [0.25, 0.3) is 0 Å². The second kappa shape index (κ2) is 5.94. The van der Waals surface area contributed by atoms with Gasteiger partial charge in [0.2, 0.25) is 0 Å². The Morgan fingerprint density at radius 1 is 1.10 bits per heavy atom. The van der Waals surface area contributed by atoms with Gasteiger partial charge in [0.05, 0.1) is 0 Å². The summed E-state index contributed by atoms with van der Waals surface area (Å²) in [5.41, 5.74) is 2.45. The Hall–Kier alpha value is -1.38. The van der Waals surface area contributed by atoms with Gasteiger partial charge in [0.15, 0.2) is 0 Å². The van der Waals surface area contributed by atoms with Crippen LogP contribution >= 0.6 is 11.6 Å². The van der Waals surface area contributed by atoms with Crippen molar-refractivity contribution >= 4 is 11.6 Å². The molecule has 20 heavy (non-hydrogen) atoms. The molecule has 1 aliphatic rings. The van der Waals surface area contributed by atoms with Crippen LogP contribution in [0.15, 0.2) is 48.5 Å². The quantitative estimate of drug-likeness (QED) is 0.873. The summed E-state index contributed by atoms with van der Waals surface area (Å²) in [6, 6.07) is 15.3. The lowest BCUT2D eigenvalue weighted by molar-refractivity contribution is 0.289. The minimum atomic E-state index is -0.182. The first-order chi connectivity index (χ1) is 9.70. The number of benzene rings is 2. The van der Waals surface area contributed by atoms with E-state index in [4.69, 9.17) is 11.6 Å². The third kappa shape index (κ3) is 3.20. The third-order valence-corrected chi connectivity index (χ3v) is 4.20. The van der Waals surface area contributed by atoms with Gasteiger partial charge < -0.3 is 5.32 Å². The van der Waals surface area contributed by atoms with Gasteiger partial charge in [-0.3, -0.25) is 0 Å². The molecule has 2 aromatic carbocycles. The van der Waals surface area contributed by atoms with E-state index in [0.29, 0.717) is 12.0 Å². The summed E-state index contributed by atoms with van der Waals surface area (Å²) in [5, 5.41) is 4.32. The van der Waals surface area contributed by atoms with Crippen molar-refractivity contribution in [1.29, 1.82) is 0 Å². The molecular weight excluding hydrogens is 273 g/mol. The van der Waals surface area contributed by atoms with E-state index in [1.807, 2.05) is 24.3 Å². The molecule has 0 unspecified atom stereocenters. The van der Waals surface area contributed by atoms with Gasteiger partial charge in [-0.1, -0.05) is 35.9 Å². The molecule has 0 spiro atoms. The molecule has 0 aromatic heterocycles. The van der Waals surface area contributed by atoms with Crippen molar-refractivity contribution in [3.8, 4) is 0 Å². The van der Waals surface area contributed by atoms with Crippen molar-refractivity contribution in [1.82, 2.24) is 5.32 Å². The largest absolute Gasteiger partial charge is 0.310 e. The van der Waals surface area contributed by atoms with E-state index in [-0.39, 0.29) is 5.82 Å².